The van der Waals surface area contributed by atoms with Gasteiger partial charge in [-0.05, 0) is 31.5 Å². The van der Waals surface area contributed by atoms with E-state index in [9.17, 15) is 4.79 Å². The SMILES string of the molecule is COC[C@@H](CCN1CCCOCC1)C(=O)Oc1c(OC)cccc1OC. The van der Waals surface area contributed by atoms with Crippen LogP contribution in [0.25, 0.3) is 0 Å². The highest BCUT2D eigenvalue weighted by Crippen LogP contribution is 2.37. The summed E-state index contributed by atoms with van der Waals surface area (Å²) < 4.78 is 26.9. The lowest BCUT2D eigenvalue weighted by molar-refractivity contribution is -0.141. The first-order valence-electron chi connectivity index (χ1n) is 8.91. The van der Waals surface area contributed by atoms with E-state index in [1.54, 1.807) is 25.3 Å². The van der Waals surface area contributed by atoms with Gasteiger partial charge in [0.2, 0.25) is 5.75 Å². The second-order valence-corrected chi connectivity index (χ2v) is 6.16. The molecule has 1 heterocycles. The maximum Gasteiger partial charge on any atom is 0.316 e. The van der Waals surface area contributed by atoms with Gasteiger partial charge in [-0.15, -0.1) is 0 Å². The fourth-order valence-corrected chi connectivity index (χ4v) is 2.93. The lowest BCUT2D eigenvalue weighted by Crippen LogP contribution is -2.33. The van der Waals surface area contributed by atoms with Crippen molar-refractivity contribution >= 4 is 5.97 Å². The maximum absolute atomic E-state index is 12.7. The number of hydrogen-bond donors (Lipinski definition) is 0. The molecule has 2 rings (SSSR count). The first kappa shape index (κ1) is 20.5. The standard InChI is InChI=1S/C19H29NO6/c1-22-14-15(8-10-20-9-5-12-25-13-11-20)19(21)26-18-16(23-2)6-4-7-17(18)24-3/h4,6-7,15H,5,8-14H2,1-3H3/t15-/m1/s1. The molecule has 0 aliphatic carbocycles. The Kier molecular flexibility index (Phi) is 8.67. The molecule has 0 radical (unpaired) electrons. The highest BCUT2D eigenvalue weighted by Gasteiger charge is 2.25. The molecule has 0 unspecified atom stereocenters. The molecule has 0 amide bonds. The molecular weight excluding hydrogens is 338 g/mol. The second kappa shape index (κ2) is 11.0. The zero-order valence-corrected chi connectivity index (χ0v) is 15.9. The molecule has 1 aromatic rings. The summed E-state index contributed by atoms with van der Waals surface area (Å²) in [6.07, 6.45) is 1.67. The van der Waals surface area contributed by atoms with Gasteiger partial charge >= 0.3 is 5.97 Å². The Bertz CT molecular complexity index is 535. The van der Waals surface area contributed by atoms with Gasteiger partial charge in [-0.2, -0.15) is 0 Å². The van der Waals surface area contributed by atoms with Gasteiger partial charge in [-0.1, -0.05) is 6.07 Å². The van der Waals surface area contributed by atoms with Crippen molar-refractivity contribution in [1.29, 1.82) is 0 Å². The summed E-state index contributed by atoms with van der Waals surface area (Å²) in [4.78, 5) is 15.0. The predicted molar refractivity (Wildman–Crippen MR) is 97.0 cm³/mol. The Balaban J connectivity index is 2.01. The summed E-state index contributed by atoms with van der Waals surface area (Å²) in [5, 5.41) is 0. The topological polar surface area (TPSA) is 66.5 Å². The van der Waals surface area contributed by atoms with Crippen LogP contribution in [-0.4, -0.2) is 71.7 Å². The van der Waals surface area contributed by atoms with E-state index in [1.807, 2.05) is 0 Å². The van der Waals surface area contributed by atoms with E-state index in [1.165, 1.54) is 14.2 Å². The van der Waals surface area contributed by atoms with E-state index >= 15 is 0 Å². The molecule has 0 N–H and O–H groups in total. The Labute approximate surface area is 155 Å². The van der Waals surface area contributed by atoms with Gasteiger partial charge in [0.1, 0.15) is 0 Å². The third kappa shape index (κ3) is 5.86. The normalized spacial score (nSPS) is 16.6. The molecule has 26 heavy (non-hydrogen) atoms. The lowest BCUT2D eigenvalue weighted by Gasteiger charge is -2.22. The van der Waals surface area contributed by atoms with Crippen molar-refractivity contribution in [1.82, 2.24) is 4.90 Å². The zero-order chi connectivity index (χ0) is 18.8. The number of methoxy groups -OCH3 is 3. The molecule has 7 nitrogen and oxygen atoms in total. The quantitative estimate of drug-likeness (QED) is 0.488. The van der Waals surface area contributed by atoms with E-state index in [0.717, 1.165) is 39.3 Å². The number of nitrogens with zero attached hydrogens (tertiary/aromatic N) is 1. The summed E-state index contributed by atoms with van der Waals surface area (Å²) >= 11 is 0. The number of hydrogen-bond acceptors (Lipinski definition) is 7. The van der Waals surface area contributed by atoms with Gasteiger partial charge in [-0.3, -0.25) is 4.79 Å². The molecule has 1 saturated heterocycles. The van der Waals surface area contributed by atoms with E-state index in [-0.39, 0.29) is 11.9 Å². The molecular formula is C19H29NO6. The highest BCUT2D eigenvalue weighted by atomic mass is 16.6. The van der Waals surface area contributed by atoms with Crippen molar-refractivity contribution in [2.45, 2.75) is 12.8 Å². The zero-order valence-electron chi connectivity index (χ0n) is 15.9. The van der Waals surface area contributed by atoms with Crippen LogP contribution in [0.15, 0.2) is 18.2 Å². The minimum atomic E-state index is -0.362. The van der Waals surface area contributed by atoms with Crippen LogP contribution in [0.5, 0.6) is 17.2 Å². The largest absolute Gasteiger partial charge is 0.493 e. The van der Waals surface area contributed by atoms with Crippen LogP contribution in [-0.2, 0) is 14.3 Å². The maximum atomic E-state index is 12.7. The van der Waals surface area contributed by atoms with Gasteiger partial charge in [0.25, 0.3) is 0 Å². The molecule has 0 saturated carbocycles. The van der Waals surface area contributed by atoms with Crippen molar-refractivity contribution in [2.24, 2.45) is 5.92 Å². The first-order valence-corrected chi connectivity index (χ1v) is 8.91. The highest BCUT2D eigenvalue weighted by molar-refractivity contribution is 5.77. The predicted octanol–water partition coefficient (Wildman–Crippen LogP) is 1.98. The van der Waals surface area contributed by atoms with Crippen LogP contribution in [0.4, 0.5) is 0 Å². The van der Waals surface area contributed by atoms with Crippen molar-refractivity contribution in [3.05, 3.63) is 18.2 Å². The van der Waals surface area contributed by atoms with E-state index in [0.29, 0.717) is 30.3 Å². The van der Waals surface area contributed by atoms with Gasteiger partial charge in [-0.25, -0.2) is 0 Å². The second-order valence-electron chi connectivity index (χ2n) is 6.16. The number of carbonyl (C=O) groups excluding carboxylic acids is 1. The number of ether oxygens (including phenoxy) is 5. The Hall–Kier alpha value is -1.83. The summed E-state index contributed by atoms with van der Waals surface area (Å²) in [6, 6.07) is 5.24. The molecule has 0 bridgehead atoms. The minimum Gasteiger partial charge on any atom is -0.493 e. The van der Waals surface area contributed by atoms with Crippen molar-refractivity contribution in [3.63, 3.8) is 0 Å². The number of carbonyl (C=O) groups is 1. The van der Waals surface area contributed by atoms with Crippen LogP contribution < -0.4 is 14.2 Å². The molecule has 0 aromatic heterocycles. The van der Waals surface area contributed by atoms with Crippen molar-refractivity contribution in [3.8, 4) is 17.2 Å². The van der Waals surface area contributed by atoms with Gasteiger partial charge in [0, 0.05) is 26.8 Å². The fraction of sp³-hybridized carbons (Fsp3) is 0.632. The van der Waals surface area contributed by atoms with Crippen LogP contribution in [0.3, 0.4) is 0 Å². The van der Waals surface area contributed by atoms with Gasteiger partial charge < -0.3 is 28.6 Å². The van der Waals surface area contributed by atoms with Crippen molar-refractivity contribution < 1.29 is 28.5 Å². The molecule has 1 aromatic carbocycles. The van der Waals surface area contributed by atoms with E-state index < -0.39 is 0 Å². The monoisotopic (exact) mass is 367 g/mol. The molecule has 1 aliphatic rings. The molecule has 7 heteroatoms. The first-order chi connectivity index (χ1) is 12.7. The molecule has 1 aliphatic heterocycles. The fourth-order valence-electron chi connectivity index (χ4n) is 2.93. The van der Waals surface area contributed by atoms with Crippen LogP contribution in [0, 0.1) is 5.92 Å². The molecule has 1 fully saturated rings. The van der Waals surface area contributed by atoms with Crippen LogP contribution >= 0.6 is 0 Å². The third-order valence-corrected chi connectivity index (χ3v) is 4.40. The number of benzene rings is 1. The summed E-state index contributed by atoms with van der Waals surface area (Å²) in [6.45, 7) is 4.51. The summed E-state index contributed by atoms with van der Waals surface area (Å²) in [7, 11) is 4.64. The Morgan fingerprint density at radius 3 is 2.54 bits per heavy atom. The number of esters is 1. The number of para-hydroxylation sites is 1. The average Bonchev–Trinajstić information content (AvgIpc) is 2.94. The van der Waals surface area contributed by atoms with Gasteiger partial charge in [0.15, 0.2) is 11.5 Å². The van der Waals surface area contributed by atoms with Crippen LogP contribution in [0.1, 0.15) is 12.8 Å². The third-order valence-electron chi connectivity index (χ3n) is 4.40. The Morgan fingerprint density at radius 1 is 1.15 bits per heavy atom. The van der Waals surface area contributed by atoms with E-state index in [2.05, 4.69) is 4.90 Å². The minimum absolute atomic E-state index is 0.298. The summed E-state index contributed by atoms with van der Waals surface area (Å²) in [5.41, 5.74) is 0. The van der Waals surface area contributed by atoms with E-state index in [4.69, 9.17) is 23.7 Å². The Morgan fingerprint density at radius 2 is 1.88 bits per heavy atom. The lowest BCUT2D eigenvalue weighted by atomic mass is 10.1. The molecule has 146 valence electrons. The van der Waals surface area contributed by atoms with Crippen molar-refractivity contribution in [2.75, 3.05) is 60.8 Å². The summed E-state index contributed by atoms with van der Waals surface area (Å²) in [5.74, 6) is 0.503. The van der Waals surface area contributed by atoms with Crippen LogP contribution in [0.2, 0.25) is 0 Å². The molecule has 0 spiro atoms. The molecule has 1 atom stereocenters. The average molecular weight is 367 g/mol. The smallest absolute Gasteiger partial charge is 0.316 e. The number of rotatable bonds is 9. The van der Waals surface area contributed by atoms with Gasteiger partial charge in [0.05, 0.1) is 33.4 Å².